The Morgan fingerprint density at radius 2 is 1.92 bits per heavy atom. The number of amides is 1. The normalized spacial score (nSPS) is 18.9. The first-order valence-electron chi connectivity index (χ1n) is 8.01. The lowest BCUT2D eigenvalue weighted by atomic mass is 10.0. The molecule has 3 rings (SSSR count). The summed E-state index contributed by atoms with van der Waals surface area (Å²) in [4.78, 5) is 14.5. The van der Waals surface area contributed by atoms with Crippen LogP contribution in [0.25, 0.3) is 0 Å². The van der Waals surface area contributed by atoms with Gasteiger partial charge >= 0.3 is 0 Å². The van der Waals surface area contributed by atoms with Gasteiger partial charge in [0.15, 0.2) is 0 Å². The summed E-state index contributed by atoms with van der Waals surface area (Å²) in [6, 6.07) is 11.6. The predicted molar refractivity (Wildman–Crippen MR) is 101 cm³/mol. The molecule has 1 aliphatic heterocycles. The van der Waals surface area contributed by atoms with Gasteiger partial charge in [-0.25, -0.2) is 8.42 Å². The van der Waals surface area contributed by atoms with Crippen LogP contribution in [-0.2, 0) is 14.8 Å². The number of benzene rings is 1. The molecule has 134 valence electrons. The smallest absolute Gasteiger partial charge is 0.253 e. The predicted octanol–water partition coefficient (Wildman–Crippen LogP) is 3.61. The van der Waals surface area contributed by atoms with Gasteiger partial charge < -0.3 is 4.90 Å². The summed E-state index contributed by atoms with van der Waals surface area (Å²) in [5.74, 6) is -0.211. The lowest BCUT2D eigenvalue weighted by molar-refractivity contribution is -0.122. The lowest BCUT2D eigenvalue weighted by Gasteiger charge is -2.35. The van der Waals surface area contributed by atoms with Gasteiger partial charge in [0.2, 0.25) is 5.91 Å². The van der Waals surface area contributed by atoms with Crippen molar-refractivity contribution in [1.29, 1.82) is 0 Å². The average molecular weight is 399 g/mol. The van der Waals surface area contributed by atoms with E-state index in [0.29, 0.717) is 17.3 Å². The first-order valence-corrected chi connectivity index (χ1v) is 10.6. The summed E-state index contributed by atoms with van der Waals surface area (Å²) in [6.07, 6.45) is 2.10. The van der Waals surface area contributed by atoms with Gasteiger partial charge in [-0.15, -0.1) is 11.3 Å². The number of rotatable bonds is 4. The van der Waals surface area contributed by atoms with E-state index in [4.69, 9.17) is 11.6 Å². The van der Waals surface area contributed by atoms with Crippen LogP contribution in [0.1, 0.15) is 19.3 Å². The molecule has 1 fully saturated rings. The molecule has 1 aliphatic rings. The van der Waals surface area contributed by atoms with Gasteiger partial charge in [0.1, 0.15) is 10.3 Å². The first-order chi connectivity index (χ1) is 11.9. The zero-order valence-electron chi connectivity index (χ0n) is 13.8. The fraction of sp³-hybridized carbons (Fsp3) is 0.353. The molecule has 1 aromatic heterocycles. The number of halogens is 1. The van der Waals surface area contributed by atoms with Gasteiger partial charge in [-0.2, -0.15) is 4.31 Å². The van der Waals surface area contributed by atoms with Gasteiger partial charge in [-0.1, -0.05) is 36.2 Å². The first kappa shape index (κ1) is 18.4. The second-order valence-corrected chi connectivity index (χ2v) is 9.75. The topological polar surface area (TPSA) is 57.7 Å². The van der Waals surface area contributed by atoms with Crippen molar-refractivity contribution in [2.45, 2.75) is 29.5 Å². The van der Waals surface area contributed by atoms with E-state index in [0.717, 1.165) is 29.9 Å². The molecule has 2 heterocycles. The SMILES string of the molecule is CN(C(=O)[C@@H]1CCCCN1S(=O)(=O)c1ccc(Cl)s1)c1ccccc1. The molecule has 1 amide bonds. The molecule has 1 aromatic carbocycles. The van der Waals surface area contributed by atoms with Gasteiger partial charge in [0, 0.05) is 19.3 Å². The summed E-state index contributed by atoms with van der Waals surface area (Å²) >= 11 is 6.91. The third-order valence-electron chi connectivity index (χ3n) is 4.32. The molecule has 5 nitrogen and oxygen atoms in total. The lowest BCUT2D eigenvalue weighted by Crippen LogP contribution is -2.52. The molecule has 0 saturated carbocycles. The molecule has 0 radical (unpaired) electrons. The molecule has 1 atom stereocenters. The number of piperidine rings is 1. The molecule has 0 spiro atoms. The zero-order valence-corrected chi connectivity index (χ0v) is 16.1. The van der Waals surface area contributed by atoms with Gasteiger partial charge in [0.05, 0.1) is 4.34 Å². The van der Waals surface area contributed by atoms with Crippen LogP contribution >= 0.6 is 22.9 Å². The molecule has 1 saturated heterocycles. The number of likely N-dealkylation sites (N-methyl/N-ethyl adjacent to an activating group) is 1. The fourth-order valence-corrected chi connectivity index (χ4v) is 6.26. The number of hydrogen-bond acceptors (Lipinski definition) is 4. The Kier molecular flexibility index (Phi) is 5.48. The summed E-state index contributed by atoms with van der Waals surface area (Å²) in [6.45, 7) is 0.344. The maximum absolute atomic E-state index is 13.0. The quantitative estimate of drug-likeness (QED) is 0.790. The van der Waals surface area contributed by atoms with E-state index in [1.54, 1.807) is 13.1 Å². The number of carbonyl (C=O) groups is 1. The summed E-state index contributed by atoms with van der Waals surface area (Å²) in [5, 5.41) is 0. The van der Waals surface area contributed by atoms with Crippen LogP contribution in [0.5, 0.6) is 0 Å². The highest BCUT2D eigenvalue weighted by Gasteiger charge is 2.39. The Labute approximate surface area is 156 Å². The Morgan fingerprint density at radius 3 is 2.56 bits per heavy atom. The van der Waals surface area contributed by atoms with Crippen molar-refractivity contribution in [2.24, 2.45) is 0 Å². The number of sulfonamides is 1. The minimum absolute atomic E-state index is 0.180. The second kappa shape index (κ2) is 7.45. The zero-order chi connectivity index (χ0) is 18.0. The number of anilines is 1. The molecule has 8 heteroatoms. The van der Waals surface area contributed by atoms with Crippen LogP contribution in [0.4, 0.5) is 5.69 Å². The van der Waals surface area contributed by atoms with E-state index >= 15 is 0 Å². The third kappa shape index (κ3) is 3.74. The summed E-state index contributed by atoms with van der Waals surface area (Å²) in [5.41, 5.74) is 0.745. The molecular formula is C17H19ClN2O3S2. The van der Waals surface area contributed by atoms with E-state index < -0.39 is 16.1 Å². The van der Waals surface area contributed by atoms with E-state index in [-0.39, 0.29) is 10.1 Å². The van der Waals surface area contributed by atoms with Crippen molar-refractivity contribution in [2.75, 3.05) is 18.5 Å². The molecule has 0 unspecified atom stereocenters. The largest absolute Gasteiger partial charge is 0.314 e. The van der Waals surface area contributed by atoms with Crippen LogP contribution < -0.4 is 4.90 Å². The van der Waals surface area contributed by atoms with Gasteiger partial charge in [-0.05, 0) is 37.1 Å². The van der Waals surface area contributed by atoms with Crippen molar-refractivity contribution in [1.82, 2.24) is 4.31 Å². The Bertz CT molecular complexity index is 852. The Balaban J connectivity index is 1.89. The van der Waals surface area contributed by atoms with Crippen molar-refractivity contribution in [3.8, 4) is 0 Å². The average Bonchev–Trinajstić information content (AvgIpc) is 3.08. The van der Waals surface area contributed by atoms with Crippen molar-refractivity contribution >= 4 is 44.6 Å². The highest BCUT2D eigenvalue weighted by atomic mass is 35.5. The van der Waals surface area contributed by atoms with E-state index in [1.165, 1.54) is 15.3 Å². The van der Waals surface area contributed by atoms with Crippen LogP contribution in [0.3, 0.4) is 0 Å². The maximum Gasteiger partial charge on any atom is 0.253 e. The van der Waals surface area contributed by atoms with Crippen LogP contribution in [0, 0.1) is 0 Å². The minimum atomic E-state index is -3.73. The van der Waals surface area contributed by atoms with Crippen molar-refractivity contribution < 1.29 is 13.2 Å². The monoisotopic (exact) mass is 398 g/mol. The van der Waals surface area contributed by atoms with Crippen molar-refractivity contribution in [3.63, 3.8) is 0 Å². The Morgan fingerprint density at radius 1 is 1.20 bits per heavy atom. The fourth-order valence-electron chi connectivity index (χ4n) is 2.99. The van der Waals surface area contributed by atoms with Crippen LogP contribution in [0.15, 0.2) is 46.7 Å². The van der Waals surface area contributed by atoms with Gasteiger partial charge in [-0.3, -0.25) is 4.79 Å². The van der Waals surface area contributed by atoms with E-state index in [1.807, 2.05) is 30.3 Å². The number of hydrogen-bond donors (Lipinski definition) is 0. The van der Waals surface area contributed by atoms with Crippen LogP contribution in [0.2, 0.25) is 4.34 Å². The molecular weight excluding hydrogens is 380 g/mol. The molecule has 0 bridgehead atoms. The molecule has 0 N–H and O–H groups in total. The minimum Gasteiger partial charge on any atom is -0.314 e. The number of para-hydroxylation sites is 1. The number of nitrogens with zero attached hydrogens (tertiary/aromatic N) is 2. The maximum atomic E-state index is 13.0. The molecule has 25 heavy (non-hydrogen) atoms. The van der Waals surface area contributed by atoms with Gasteiger partial charge in [0.25, 0.3) is 10.0 Å². The third-order valence-corrected chi connectivity index (χ3v) is 7.93. The van der Waals surface area contributed by atoms with Crippen LogP contribution in [-0.4, -0.2) is 38.3 Å². The van der Waals surface area contributed by atoms with E-state index in [9.17, 15) is 13.2 Å². The number of carbonyl (C=O) groups excluding carboxylic acids is 1. The number of thiophene rings is 1. The standard InChI is InChI=1S/C17H19ClN2O3S2/c1-19(13-7-3-2-4-8-13)17(21)14-9-5-6-12-20(14)25(22,23)16-11-10-15(18)24-16/h2-4,7-8,10-11,14H,5-6,9,12H2,1H3/t14-/m0/s1. The molecule has 2 aromatic rings. The second-order valence-electron chi connectivity index (χ2n) is 5.92. The summed E-state index contributed by atoms with van der Waals surface area (Å²) < 4.78 is 27.9. The van der Waals surface area contributed by atoms with E-state index in [2.05, 4.69) is 0 Å². The molecule has 0 aliphatic carbocycles. The highest BCUT2D eigenvalue weighted by Crippen LogP contribution is 2.32. The van der Waals surface area contributed by atoms with Crippen molar-refractivity contribution in [3.05, 3.63) is 46.8 Å². The summed E-state index contributed by atoms with van der Waals surface area (Å²) in [7, 11) is -2.05. The highest BCUT2D eigenvalue weighted by molar-refractivity contribution is 7.91. The Hall–Kier alpha value is -1.41.